The lowest BCUT2D eigenvalue weighted by molar-refractivity contribution is 0.374. The number of halogens is 2. The van der Waals surface area contributed by atoms with E-state index in [9.17, 15) is 0 Å². The highest BCUT2D eigenvalue weighted by Gasteiger charge is 2.40. The maximum absolute atomic E-state index is 3.65. The second-order valence-corrected chi connectivity index (χ2v) is 7.36. The van der Waals surface area contributed by atoms with Gasteiger partial charge in [0.25, 0.3) is 0 Å². The molecule has 18 heavy (non-hydrogen) atoms. The minimum Gasteiger partial charge on any atom is -0.365 e. The lowest BCUT2D eigenvalue weighted by Gasteiger charge is -2.40. The van der Waals surface area contributed by atoms with Crippen LogP contribution in [0.4, 0.5) is 5.69 Å². The Bertz CT molecular complexity index is 437. The molecular weight excluding hydrogens is 403 g/mol. The van der Waals surface area contributed by atoms with Crippen molar-refractivity contribution in [2.45, 2.75) is 43.8 Å². The highest BCUT2D eigenvalue weighted by atomic mass is 127. The average molecular weight is 421 g/mol. The van der Waals surface area contributed by atoms with Crippen LogP contribution in [0.15, 0.2) is 22.7 Å². The minimum absolute atomic E-state index is 0.714. The van der Waals surface area contributed by atoms with Gasteiger partial charge in [-0.2, -0.15) is 0 Å². The molecule has 0 aromatic heterocycles. The third-order valence-electron chi connectivity index (χ3n) is 4.34. The highest BCUT2D eigenvalue weighted by Crippen LogP contribution is 2.40. The first-order valence-electron chi connectivity index (χ1n) is 6.59. The summed E-state index contributed by atoms with van der Waals surface area (Å²) in [5, 5.41) is 3.46. The maximum Gasteiger partial charge on any atom is 0.0383 e. The van der Waals surface area contributed by atoms with Crippen molar-refractivity contribution in [2.75, 3.05) is 11.9 Å². The average Bonchev–Trinajstić information content (AvgIpc) is 2.64. The summed E-state index contributed by atoms with van der Waals surface area (Å²) in [5.41, 5.74) is 1.39. The Kier molecular flexibility index (Phi) is 3.87. The Balaban J connectivity index is 1.87. The molecule has 3 rings (SSSR count). The lowest BCUT2D eigenvalue weighted by Crippen LogP contribution is -2.48. The van der Waals surface area contributed by atoms with Crippen molar-refractivity contribution in [3.05, 3.63) is 26.2 Å². The summed E-state index contributed by atoms with van der Waals surface area (Å²) in [6.07, 6.45) is 5.28. The number of rotatable bonds is 2. The number of hydrogen-bond acceptors (Lipinski definition) is 2. The van der Waals surface area contributed by atoms with Gasteiger partial charge in [0, 0.05) is 31.9 Å². The minimum atomic E-state index is 0.714. The molecule has 0 saturated carbocycles. The Morgan fingerprint density at radius 1 is 1.28 bits per heavy atom. The molecule has 2 bridgehead atoms. The summed E-state index contributed by atoms with van der Waals surface area (Å²) in [6.45, 7) is 0. The van der Waals surface area contributed by atoms with E-state index in [0.717, 1.165) is 12.1 Å². The molecule has 1 aromatic carbocycles. The summed E-state index contributed by atoms with van der Waals surface area (Å²) in [5.74, 6) is 0. The van der Waals surface area contributed by atoms with E-state index in [1.54, 1.807) is 0 Å². The van der Waals surface area contributed by atoms with Crippen LogP contribution in [-0.2, 0) is 0 Å². The van der Waals surface area contributed by atoms with Gasteiger partial charge in [0.05, 0.1) is 0 Å². The molecule has 4 heteroatoms. The lowest BCUT2D eigenvalue weighted by atomic mass is 9.97. The first kappa shape index (κ1) is 13.2. The predicted molar refractivity (Wildman–Crippen MR) is 88.2 cm³/mol. The first-order valence-corrected chi connectivity index (χ1v) is 8.47. The second kappa shape index (κ2) is 5.29. The van der Waals surface area contributed by atoms with E-state index in [1.165, 1.54) is 39.4 Å². The highest BCUT2D eigenvalue weighted by molar-refractivity contribution is 14.1. The predicted octanol–water partition coefficient (Wildman–Crippen LogP) is 3.77. The van der Waals surface area contributed by atoms with Crippen LogP contribution in [0.5, 0.6) is 0 Å². The van der Waals surface area contributed by atoms with Crippen molar-refractivity contribution in [3.8, 4) is 0 Å². The molecule has 0 radical (unpaired) electrons. The number of nitrogens with one attached hydrogen (secondary N) is 1. The summed E-state index contributed by atoms with van der Waals surface area (Å²) in [6, 6.07) is 8.95. The number of benzene rings is 1. The molecule has 0 aliphatic carbocycles. The third kappa shape index (κ3) is 2.31. The Labute approximate surface area is 131 Å². The normalized spacial score (nSPS) is 30.8. The van der Waals surface area contributed by atoms with E-state index < -0.39 is 0 Å². The standard InChI is InChI=1S/C14H18BrIN2/c1-17-9-6-10-2-3-11(7-9)18(10)12-4-5-14(16)13(15)8-12/h4-5,8-11,17H,2-3,6-7H2,1H3. The van der Waals surface area contributed by atoms with Gasteiger partial charge in [-0.05, 0) is 89.5 Å². The van der Waals surface area contributed by atoms with E-state index >= 15 is 0 Å². The molecule has 0 amide bonds. The first-order chi connectivity index (χ1) is 8.69. The quantitative estimate of drug-likeness (QED) is 0.732. The molecule has 2 aliphatic heterocycles. The van der Waals surface area contributed by atoms with E-state index in [-0.39, 0.29) is 0 Å². The number of nitrogens with zero attached hydrogens (tertiary/aromatic N) is 1. The fourth-order valence-corrected chi connectivity index (χ4v) is 4.18. The molecule has 2 nitrogen and oxygen atoms in total. The maximum atomic E-state index is 3.65. The fourth-order valence-electron chi connectivity index (χ4n) is 3.48. The zero-order valence-electron chi connectivity index (χ0n) is 10.5. The van der Waals surface area contributed by atoms with Crippen molar-refractivity contribution in [1.82, 2.24) is 5.32 Å². The van der Waals surface area contributed by atoms with Crippen molar-refractivity contribution < 1.29 is 0 Å². The van der Waals surface area contributed by atoms with Gasteiger partial charge in [-0.15, -0.1) is 0 Å². The molecule has 98 valence electrons. The van der Waals surface area contributed by atoms with Gasteiger partial charge < -0.3 is 10.2 Å². The van der Waals surface area contributed by atoms with Gasteiger partial charge >= 0.3 is 0 Å². The molecule has 0 spiro atoms. The summed E-state index contributed by atoms with van der Waals surface area (Å²) in [4.78, 5) is 2.66. The second-order valence-electron chi connectivity index (χ2n) is 5.35. The Morgan fingerprint density at radius 3 is 2.50 bits per heavy atom. The van der Waals surface area contributed by atoms with E-state index in [1.807, 2.05) is 0 Å². The molecule has 1 N–H and O–H groups in total. The SMILES string of the molecule is CNC1CC2CCC(C1)N2c1ccc(I)c(Br)c1. The molecule has 2 aliphatic rings. The number of hydrogen-bond donors (Lipinski definition) is 1. The number of piperidine rings is 1. The van der Waals surface area contributed by atoms with Gasteiger partial charge in [-0.3, -0.25) is 0 Å². The van der Waals surface area contributed by atoms with E-state index in [0.29, 0.717) is 6.04 Å². The summed E-state index contributed by atoms with van der Waals surface area (Å²) >= 11 is 6.02. The number of anilines is 1. The summed E-state index contributed by atoms with van der Waals surface area (Å²) < 4.78 is 2.50. The smallest absolute Gasteiger partial charge is 0.0383 e. The van der Waals surface area contributed by atoms with Gasteiger partial charge in [0.2, 0.25) is 0 Å². The molecule has 2 heterocycles. The van der Waals surface area contributed by atoms with Gasteiger partial charge in [0.15, 0.2) is 0 Å². The van der Waals surface area contributed by atoms with Crippen LogP contribution in [0.1, 0.15) is 25.7 Å². The molecule has 2 atom stereocenters. The van der Waals surface area contributed by atoms with Crippen LogP contribution < -0.4 is 10.2 Å². The van der Waals surface area contributed by atoms with Gasteiger partial charge in [-0.25, -0.2) is 0 Å². The topological polar surface area (TPSA) is 15.3 Å². The van der Waals surface area contributed by atoms with E-state index in [2.05, 4.69) is 74.0 Å². The molecule has 2 unspecified atom stereocenters. The van der Waals surface area contributed by atoms with Crippen molar-refractivity contribution in [2.24, 2.45) is 0 Å². The number of fused-ring (bicyclic) bond motifs is 2. The van der Waals surface area contributed by atoms with Crippen LogP contribution in [0.3, 0.4) is 0 Å². The molecular formula is C14H18BrIN2. The molecule has 1 aromatic rings. The zero-order valence-corrected chi connectivity index (χ0v) is 14.2. The Morgan fingerprint density at radius 2 is 1.94 bits per heavy atom. The van der Waals surface area contributed by atoms with Gasteiger partial charge in [-0.1, -0.05) is 0 Å². The van der Waals surface area contributed by atoms with Crippen LogP contribution in [0.25, 0.3) is 0 Å². The van der Waals surface area contributed by atoms with Crippen LogP contribution in [-0.4, -0.2) is 25.2 Å². The van der Waals surface area contributed by atoms with Crippen molar-refractivity contribution >= 4 is 44.2 Å². The molecule has 2 saturated heterocycles. The van der Waals surface area contributed by atoms with Crippen LogP contribution in [0.2, 0.25) is 0 Å². The fraction of sp³-hybridized carbons (Fsp3) is 0.571. The third-order valence-corrected chi connectivity index (χ3v) is 6.68. The van der Waals surface area contributed by atoms with Crippen LogP contribution >= 0.6 is 38.5 Å². The largest absolute Gasteiger partial charge is 0.365 e. The van der Waals surface area contributed by atoms with Gasteiger partial charge in [0.1, 0.15) is 0 Å². The molecule has 2 fully saturated rings. The van der Waals surface area contributed by atoms with Crippen LogP contribution in [0, 0.1) is 3.57 Å². The van der Waals surface area contributed by atoms with Crippen molar-refractivity contribution in [1.29, 1.82) is 0 Å². The monoisotopic (exact) mass is 420 g/mol. The zero-order chi connectivity index (χ0) is 12.7. The Hall–Kier alpha value is 0.190. The van der Waals surface area contributed by atoms with Crippen molar-refractivity contribution in [3.63, 3.8) is 0 Å². The summed E-state index contributed by atoms with van der Waals surface area (Å²) in [7, 11) is 2.10. The van der Waals surface area contributed by atoms with E-state index in [4.69, 9.17) is 0 Å².